The van der Waals surface area contributed by atoms with Crippen LogP contribution >= 0.6 is 43.2 Å². The highest BCUT2D eigenvalue weighted by atomic mass is 79.9. The van der Waals surface area contributed by atoms with Crippen LogP contribution < -0.4 is 0 Å². The van der Waals surface area contributed by atoms with E-state index in [-0.39, 0.29) is 0 Å². The Hall–Kier alpha value is -0.230. The minimum atomic E-state index is -0.526. The largest absolute Gasteiger partial charge is 0.388 e. The quantitative estimate of drug-likeness (QED) is 0.833. The van der Waals surface area contributed by atoms with Gasteiger partial charge in [0.2, 0.25) is 0 Å². The first-order valence-corrected chi connectivity index (χ1v) is 8.07. The number of halogens is 2. The van der Waals surface area contributed by atoms with Crippen molar-refractivity contribution in [3.63, 3.8) is 0 Å². The second-order valence-electron chi connectivity index (χ2n) is 4.01. The van der Waals surface area contributed by atoms with Crippen LogP contribution in [-0.2, 0) is 12.8 Å². The molecular weight excluding hydrogens is 378 g/mol. The van der Waals surface area contributed by atoms with Crippen LogP contribution in [0.25, 0.3) is 0 Å². The molecule has 0 radical (unpaired) electrons. The molecule has 0 saturated heterocycles. The van der Waals surface area contributed by atoms with E-state index in [0.717, 1.165) is 25.3 Å². The van der Waals surface area contributed by atoms with Crippen LogP contribution in [0, 0.1) is 0 Å². The molecule has 0 bridgehead atoms. The SMILES string of the molecule is CCc1ccc(CC(O)c2cc(Br)sc2Br)nc1. The first-order chi connectivity index (χ1) is 8.60. The number of thiophene rings is 1. The van der Waals surface area contributed by atoms with Gasteiger partial charge in [-0.2, -0.15) is 0 Å². The number of aryl methyl sites for hydroxylation is 1. The van der Waals surface area contributed by atoms with E-state index in [0.29, 0.717) is 6.42 Å². The highest BCUT2D eigenvalue weighted by Gasteiger charge is 2.15. The number of aliphatic hydroxyl groups is 1. The maximum atomic E-state index is 10.2. The molecule has 0 aromatic carbocycles. The first kappa shape index (κ1) is 14.2. The van der Waals surface area contributed by atoms with Gasteiger partial charge in [0.1, 0.15) is 0 Å². The average molecular weight is 391 g/mol. The van der Waals surface area contributed by atoms with Crippen LogP contribution in [0.3, 0.4) is 0 Å². The molecule has 0 saturated carbocycles. The monoisotopic (exact) mass is 389 g/mol. The van der Waals surface area contributed by atoms with Crippen molar-refractivity contribution in [3.05, 3.63) is 48.8 Å². The van der Waals surface area contributed by atoms with Crippen LogP contribution in [0.1, 0.15) is 29.8 Å². The molecule has 0 spiro atoms. The molecule has 0 amide bonds. The summed E-state index contributed by atoms with van der Waals surface area (Å²) in [6.07, 6.45) is 2.87. The molecule has 1 atom stereocenters. The van der Waals surface area contributed by atoms with Gasteiger partial charge in [-0.3, -0.25) is 4.98 Å². The summed E-state index contributed by atoms with van der Waals surface area (Å²) in [5.74, 6) is 0. The molecule has 2 nitrogen and oxygen atoms in total. The summed E-state index contributed by atoms with van der Waals surface area (Å²) in [5.41, 5.74) is 3.04. The Morgan fingerprint density at radius 1 is 1.39 bits per heavy atom. The average Bonchev–Trinajstić information content (AvgIpc) is 2.69. The van der Waals surface area contributed by atoms with Crippen molar-refractivity contribution in [2.45, 2.75) is 25.9 Å². The fourth-order valence-corrected chi connectivity index (χ4v) is 4.63. The van der Waals surface area contributed by atoms with Gasteiger partial charge in [-0.05, 0) is 56.0 Å². The van der Waals surface area contributed by atoms with Crippen LogP contribution in [0.4, 0.5) is 0 Å². The maximum Gasteiger partial charge on any atom is 0.0865 e. The Morgan fingerprint density at radius 3 is 2.67 bits per heavy atom. The summed E-state index contributed by atoms with van der Waals surface area (Å²) in [4.78, 5) is 4.37. The second kappa shape index (κ2) is 6.28. The zero-order valence-electron chi connectivity index (χ0n) is 9.86. The second-order valence-corrected chi connectivity index (χ2v) is 7.76. The van der Waals surface area contributed by atoms with Gasteiger partial charge >= 0.3 is 0 Å². The van der Waals surface area contributed by atoms with E-state index in [1.807, 2.05) is 18.3 Å². The van der Waals surface area contributed by atoms with Crippen molar-refractivity contribution in [3.8, 4) is 0 Å². The van der Waals surface area contributed by atoms with Crippen LogP contribution in [-0.4, -0.2) is 10.1 Å². The number of hydrogen-bond donors (Lipinski definition) is 1. The van der Waals surface area contributed by atoms with E-state index in [1.54, 1.807) is 11.3 Å². The van der Waals surface area contributed by atoms with Crippen LogP contribution in [0.5, 0.6) is 0 Å². The number of nitrogens with zero attached hydrogens (tertiary/aromatic N) is 1. The third-order valence-electron chi connectivity index (χ3n) is 2.74. The third kappa shape index (κ3) is 3.41. The summed E-state index contributed by atoms with van der Waals surface area (Å²) in [5, 5.41) is 10.2. The summed E-state index contributed by atoms with van der Waals surface area (Å²) in [7, 11) is 0. The minimum absolute atomic E-state index is 0.526. The summed E-state index contributed by atoms with van der Waals surface area (Å²) in [6, 6.07) is 5.99. The van der Waals surface area contributed by atoms with Crippen molar-refractivity contribution < 1.29 is 5.11 Å². The van der Waals surface area contributed by atoms with E-state index in [4.69, 9.17) is 0 Å². The fourth-order valence-electron chi connectivity index (χ4n) is 1.67. The smallest absolute Gasteiger partial charge is 0.0865 e. The van der Waals surface area contributed by atoms with Gasteiger partial charge in [-0.1, -0.05) is 13.0 Å². The lowest BCUT2D eigenvalue weighted by molar-refractivity contribution is 0.177. The maximum absolute atomic E-state index is 10.2. The van der Waals surface area contributed by atoms with Crippen molar-refractivity contribution in [1.29, 1.82) is 0 Å². The molecule has 1 unspecified atom stereocenters. The molecule has 0 aliphatic carbocycles. The lowest BCUT2D eigenvalue weighted by Gasteiger charge is -2.09. The molecule has 2 heterocycles. The Morgan fingerprint density at radius 2 is 2.17 bits per heavy atom. The standard InChI is InChI=1S/C13H13Br2NOS/c1-2-8-3-4-9(16-7-8)5-11(17)10-6-12(14)18-13(10)15/h3-4,6-7,11,17H,2,5H2,1H3. The highest BCUT2D eigenvalue weighted by molar-refractivity contribution is 9.12. The number of aromatic nitrogens is 1. The van der Waals surface area contributed by atoms with Gasteiger partial charge < -0.3 is 5.11 Å². The van der Waals surface area contributed by atoms with E-state index in [2.05, 4.69) is 49.8 Å². The Kier molecular flexibility index (Phi) is 4.95. The number of pyridine rings is 1. The predicted octanol–water partition coefficient (Wildman–Crippen LogP) is 4.51. The molecule has 18 heavy (non-hydrogen) atoms. The molecule has 0 fully saturated rings. The van der Waals surface area contributed by atoms with Crippen molar-refractivity contribution in [1.82, 2.24) is 4.98 Å². The molecule has 2 aromatic heterocycles. The zero-order valence-corrected chi connectivity index (χ0v) is 13.8. The topological polar surface area (TPSA) is 33.1 Å². The van der Waals surface area contributed by atoms with Crippen LogP contribution in [0.2, 0.25) is 0 Å². The normalized spacial score (nSPS) is 12.7. The van der Waals surface area contributed by atoms with Crippen molar-refractivity contribution in [2.24, 2.45) is 0 Å². The molecule has 1 N–H and O–H groups in total. The number of aliphatic hydroxyl groups excluding tert-OH is 1. The van der Waals surface area contributed by atoms with Crippen LogP contribution in [0.15, 0.2) is 32.0 Å². The van der Waals surface area contributed by atoms with Crippen molar-refractivity contribution in [2.75, 3.05) is 0 Å². The van der Waals surface area contributed by atoms with Gasteiger partial charge in [0.15, 0.2) is 0 Å². The van der Waals surface area contributed by atoms with E-state index >= 15 is 0 Å². The lowest BCUT2D eigenvalue weighted by Crippen LogP contribution is -2.03. The van der Waals surface area contributed by atoms with Crippen molar-refractivity contribution >= 4 is 43.2 Å². The van der Waals surface area contributed by atoms with Gasteiger partial charge in [-0.15, -0.1) is 11.3 Å². The van der Waals surface area contributed by atoms with Gasteiger partial charge in [0.05, 0.1) is 13.7 Å². The molecule has 5 heteroatoms. The lowest BCUT2D eigenvalue weighted by atomic mass is 10.1. The summed E-state index contributed by atoms with van der Waals surface area (Å²) < 4.78 is 1.98. The molecule has 0 aliphatic rings. The van der Waals surface area contributed by atoms with Gasteiger partial charge in [0.25, 0.3) is 0 Å². The Bertz CT molecular complexity index is 524. The summed E-state index contributed by atoms with van der Waals surface area (Å²) in [6.45, 7) is 2.10. The summed E-state index contributed by atoms with van der Waals surface area (Å²) >= 11 is 8.45. The third-order valence-corrected chi connectivity index (χ3v) is 5.12. The molecule has 2 rings (SSSR count). The number of hydrogen-bond acceptors (Lipinski definition) is 3. The zero-order chi connectivity index (χ0) is 13.1. The molecule has 96 valence electrons. The molecule has 2 aromatic rings. The van der Waals surface area contributed by atoms with Gasteiger partial charge in [0, 0.05) is 23.9 Å². The molecular formula is C13H13Br2NOS. The Labute approximate surface area is 127 Å². The fraction of sp³-hybridized carbons (Fsp3) is 0.308. The first-order valence-electron chi connectivity index (χ1n) is 5.66. The Balaban J connectivity index is 2.10. The van der Waals surface area contributed by atoms with E-state index in [9.17, 15) is 5.11 Å². The number of rotatable bonds is 4. The van der Waals surface area contributed by atoms with E-state index < -0.39 is 6.10 Å². The highest BCUT2D eigenvalue weighted by Crippen LogP contribution is 2.36. The molecule has 0 aliphatic heterocycles. The van der Waals surface area contributed by atoms with Gasteiger partial charge in [-0.25, -0.2) is 0 Å². The van der Waals surface area contributed by atoms with E-state index in [1.165, 1.54) is 5.56 Å². The predicted molar refractivity (Wildman–Crippen MR) is 82.0 cm³/mol. The minimum Gasteiger partial charge on any atom is -0.388 e.